The van der Waals surface area contributed by atoms with Crippen LogP contribution in [0.4, 0.5) is 4.39 Å². The Labute approximate surface area is 302 Å². The number of hydrogen-bond acceptors (Lipinski definition) is 11. The minimum absolute atomic E-state index is 0.0666. The number of benzene rings is 1. The Morgan fingerprint density at radius 1 is 1.10 bits per heavy atom. The first kappa shape index (κ1) is 41.7. The second-order valence-electron chi connectivity index (χ2n) is 13.5. The van der Waals surface area contributed by atoms with Crippen LogP contribution in [-0.4, -0.2) is 93.0 Å². The maximum Gasteiger partial charge on any atom is 0.325 e. The first-order valence-corrected chi connectivity index (χ1v) is 17.3. The number of nitrogens with zero attached hydrogens (tertiary/aromatic N) is 1. The fourth-order valence-electron chi connectivity index (χ4n) is 5.94. The molecule has 2 unspecified atom stereocenters. The van der Waals surface area contributed by atoms with E-state index in [9.17, 15) is 48.5 Å². The van der Waals surface area contributed by atoms with Crippen LogP contribution in [0.3, 0.4) is 0 Å². The van der Waals surface area contributed by atoms with E-state index in [2.05, 4.69) is 16.1 Å². The van der Waals surface area contributed by atoms with Crippen LogP contribution in [0.1, 0.15) is 71.4 Å². The molecule has 2 aliphatic rings. The molecule has 3 rings (SSSR count). The fourth-order valence-corrected chi connectivity index (χ4v) is 5.94. The maximum absolute atomic E-state index is 14.5. The molecule has 0 aliphatic carbocycles. The van der Waals surface area contributed by atoms with Crippen molar-refractivity contribution in [2.24, 2.45) is 17.8 Å². The summed E-state index contributed by atoms with van der Waals surface area (Å²) in [5.41, 5.74) is 2.70. The van der Waals surface area contributed by atoms with Crippen molar-refractivity contribution in [3.63, 3.8) is 0 Å². The number of aldehydes is 1. The quantitative estimate of drug-likeness (QED) is 0.136. The highest BCUT2D eigenvalue weighted by Crippen LogP contribution is 2.26. The molecule has 8 atom stereocenters. The molecule has 52 heavy (non-hydrogen) atoms. The number of Topliss-reactive ketones (excluding diaryl/α,β-unsaturated/α-hetero) is 1. The van der Waals surface area contributed by atoms with Crippen LogP contribution in [0.15, 0.2) is 54.7 Å². The number of cyclic esters (lactones) is 1. The van der Waals surface area contributed by atoms with Crippen LogP contribution in [-0.2, 0) is 33.5 Å². The van der Waals surface area contributed by atoms with Gasteiger partial charge in [-0.05, 0) is 62.0 Å². The molecule has 2 heterocycles. The molecule has 6 N–H and O–H groups in total. The Morgan fingerprint density at radius 3 is 2.48 bits per heavy atom. The molecule has 0 aromatic heterocycles. The van der Waals surface area contributed by atoms with Crippen LogP contribution in [0, 0.1) is 23.6 Å². The van der Waals surface area contributed by atoms with E-state index in [0.29, 0.717) is 12.7 Å². The normalized spacial score (nSPS) is 30.0. The smallest absolute Gasteiger partial charge is 0.325 e. The van der Waals surface area contributed by atoms with Gasteiger partial charge in [0.05, 0.1) is 18.1 Å². The number of hydrogen-bond donors (Lipinski definition) is 6. The van der Waals surface area contributed by atoms with Crippen molar-refractivity contribution < 1.29 is 53.2 Å². The Kier molecular flexibility index (Phi) is 15.8. The molecule has 2 aliphatic heterocycles. The summed E-state index contributed by atoms with van der Waals surface area (Å²) in [7, 11) is 0. The number of rotatable bonds is 7. The highest BCUT2D eigenvalue weighted by Gasteiger charge is 2.39. The van der Waals surface area contributed by atoms with Crippen LogP contribution in [0.25, 0.3) is 0 Å². The molecule has 14 nitrogen and oxygen atoms in total. The van der Waals surface area contributed by atoms with E-state index in [4.69, 9.17) is 4.74 Å². The summed E-state index contributed by atoms with van der Waals surface area (Å²) < 4.78 is 20.2. The Bertz CT molecular complexity index is 1530. The molecule has 0 radical (unpaired) electrons. The van der Waals surface area contributed by atoms with Crippen molar-refractivity contribution in [3.8, 4) is 5.75 Å². The number of halogens is 1. The molecular formula is C37H49FN4O10. The van der Waals surface area contributed by atoms with Crippen molar-refractivity contribution >= 4 is 35.8 Å². The number of esters is 1. The number of amides is 3. The van der Waals surface area contributed by atoms with Crippen LogP contribution >= 0.6 is 0 Å². The topological polar surface area (TPSA) is 212 Å². The summed E-state index contributed by atoms with van der Waals surface area (Å²) in [6.07, 6.45) is 6.18. The lowest BCUT2D eigenvalue weighted by molar-refractivity contribution is -0.155. The summed E-state index contributed by atoms with van der Waals surface area (Å²) in [5, 5.41) is 38.7. The fraction of sp³-hybridized carbons (Fsp3) is 0.514. The molecular weight excluding hydrogens is 679 g/mol. The lowest BCUT2D eigenvalue weighted by atomic mass is 9.84. The van der Waals surface area contributed by atoms with Gasteiger partial charge in [-0.2, -0.15) is 0 Å². The number of carbonyl (C=O) groups is 6. The van der Waals surface area contributed by atoms with Crippen LogP contribution < -0.4 is 16.1 Å². The number of ether oxygens (including phenoxy) is 1. The molecule has 0 saturated carbocycles. The average Bonchev–Trinajstić information content (AvgIpc) is 3.09. The largest absolute Gasteiger partial charge is 0.508 e. The van der Waals surface area contributed by atoms with Crippen molar-refractivity contribution in [2.45, 2.75) is 96.2 Å². The number of aliphatic hydroxyl groups is 2. The van der Waals surface area contributed by atoms with E-state index in [-0.39, 0.29) is 43.6 Å². The molecule has 1 aromatic rings. The number of aromatic hydroxyl groups is 1. The third-order valence-electron chi connectivity index (χ3n) is 8.98. The zero-order valence-electron chi connectivity index (χ0n) is 29.7. The molecule has 15 heteroatoms. The van der Waals surface area contributed by atoms with E-state index in [1.54, 1.807) is 26.0 Å². The predicted octanol–water partition coefficient (Wildman–Crippen LogP) is 1.85. The van der Waals surface area contributed by atoms with Crippen LogP contribution in [0.2, 0.25) is 0 Å². The molecule has 1 fully saturated rings. The van der Waals surface area contributed by atoms with Gasteiger partial charge in [0.25, 0.3) is 5.91 Å². The predicted molar refractivity (Wildman–Crippen MR) is 186 cm³/mol. The molecule has 1 saturated heterocycles. The Balaban J connectivity index is 2.09. The first-order chi connectivity index (χ1) is 24.6. The van der Waals surface area contributed by atoms with Gasteiger partial charge in [-0.15, -0.1) is 0 Å². The number of phenols is 1. The minimum Gasteiger partial charge on any atom is -0.508 e. The van der Waals surface area contributed by atoms with Gasteiger partial charge in [-0.3, -0.25) is 29.0 Å². The van der Waals surface area contributed by atoms with E-state index in [1.165, 1.54) is 38.2 Å². The molecule has 284 valence electrons. The highest BCUT2D eigenvalue weighted by molar-refractivity contribution is 5.93. The second-order valence-corrected chi connectivity index (χ2v) is 13.5. The van der Waals surface area contributed by atoms with Gasteiger partial charge in [0.1, 0.15) is 47.9 Å². The number of hydrazine groups is 1. The van der Waals surface area contributed by atoms with E-state index in [1.807, 2.05) is 0 Å². The zero-order chi connectivity index (χ0) is 38.5. The van der Waals surface area contributed by atoms with Crippen LogP contribution in [0.5, 0.6) is 5.75 Å². The number of fused-ring (bicyclic) bond motifs is 2. The number of ketones is 1. The number of nitrogens with one attached hydrogen (secondary N) is 3. The summed E-state index contributed by atoms with van der Waals surface area (Å²) in [4.78, 5) is 78.0. The number of allylic oxidation sites excluding steroid dienone is 3. The SMILES string of the molecule is CC(=O)CC[C@H]1C(=O)N[C@@H](C(C)C)C(=O)NC(c2cc(O)cc(F)c2)C(=O)N2CCCC(N2)C(=O)O[C@H](/C=C/C=O)C/C=C/C=C/[C@H](O)[C@H](C)[C@H]1O. The van der Waals surface area contributed by atoms with Gasteiger partial charge < -0.3 is 35.5 Å². The van der Waals surface area contributed by atoms with E-state index < -0.39 is 89.4 Å². The lowest BCUT2D eigenvalue weighted by Crippen LogP contribution is -2.59. The number of carbonyl (C=O) groups excluding carboxylic acids is 6. The average molecular weight is 729 g/mol. The van der Waals surface area contributed by atoms with Crippen molar-refractivity contribution in [2.75, 3.05) is 6.54 Å². The van der Waals surface area contributed by atoms with Gasteiger partial charge in [0.2, 0.25) is 11.8 Å². The van der Waals surface area contributed by atoms with Gasteiger partial charge in [-0.25, -0.2) is 9.82 Å². The van der Waals surface area contributed by atoms with E-state index in [0.717, 1.165) is 23.2 Å². The number of phenolic OH excluding ortho intramolecular Hbond substituents is 1. The van der Waals surface area contributed by atoms with Gasteiger partial charge in [0, 0.05) is 31.4 Å². The first-order valence-electron chi connectivity index (χ1n) is 17.3. The summed E-state index contributed by atoms with van der Waals surface area (Å²) in [6, 6.07) is -1.05. The van der Waals surface area contributed by atoms with Crippen molar-refractivity contribution in [1.82, 2.24) is 21.1 Å². The van der Waals surface area contributed by atoms with Gasteiger partial charge in [-0.1, -0.05) is 45.1 Å². The number of aliphatic hydroxyl groups excluding tert-OH is 2. The summed E-state index contributed by atoms with van der Waals surface area (Å²) >= 11 is 0. The zero-order valence-corrected chi connectivity index (χ0v) is 29.7. The van der Waals surface area contributed by atoms with E-state index >= 15 is 0 Å². The summed E-state index contributed by atoms with van der Waals surface area (Å²) in [6.45, 7) is 6.20. The second kappa shape index (κ2) is 19.8. The Morgan fingerprint density at radius 2 is 1.83 bits per heavy atom. The lowest BCUT2D eigenvalue weighted by Gasteiger charge is -2.36. The third kappa shape index (κ3) is 11.9. The Hall–Kier alpha value is -4.73. The highest BCUT2D eigenvalue weighted by atomic mass is 19.1. The van der Waals surface area contributed by atoms with Gasteiger partial charge in [0.15, 0.2) is 0 Å². The molecule has 0 spiro atoms. The molecule has 3 amide bonds. The summed E-state index contributed by atoms with van der Waals surface area (Å²) in [5.74, 6) is -7.54. The molecule has 1 aromatic carbocycles. The minimum atomic E-state index is -1.61. The van der Waals surface area contributed by atoms with Crippen molar-refractivity contribution in [1.29, 1.82) is 0 Å². The van der Waals surface area contributed by atoms with Gasteiger partial charge >= 0.3 is 5.97 Å². The molecule has 2 bridgehead atoms. The maximum atomic E-state index is 14.5. The van der Waals surface area contributed by atoms with Crippen molar-refractivity contribution in [3.05, 3.63) is 66.0 Å². The third-order valence-corrected chi connectivity index (χ3v) is 8.98. The monoisotopic (exact) mass is 728 g/mol. The standard InChI is InChI=1S/C37H49FN4O10/c1-21(2)31-35(49)40-32(24-18-25(38)20-26(45)19-24)36(50)42-16-8-12-29(41-42)37(51)52-27(11-9-17-43)10-6-5-7-13-30(46)23(4)33(47)28(34(48)39-31)15-14-22(3)44/h5-7,9,11,13,17-21,23,27-33,41,45-47H,8,10,12,14-16H2,1-4H3,(H,39,48)(H,40,49)/b6-5+,11-9+,13-7+/t23-,27-,28+,29?,30-,31-,32?,33+/m0/s1.